The fourth-order valence-corrected chi connectivity index (χ4v) is 2.46. The van der Waals surface area contributed by atoms with E-state index in [1.807, 2.05) is 0 Å². The highest BCUT2D eigenvalue weighted by molar-refractivity contribution is 5.45. The molecule has 0 fully saturated rings. The van der Waals surface area contributed by atoms with Crippen molar-refractivity contribution in [1.82, 2.24) is 25.4 Å². The van der Waals surface area contributed by atoms with Gasteiger partial charge in [-0.15, -0.1) is 0 Å². The van der Waals surface area contributed by atoms with Gasteiger partial charge in [-0.2, -0.15) is 4.98 Å². The molecule has 21 heavy (non-hydrogen) atoms. The van der Waals surface area contributed by atoms with E-state index in [0.717, 1.165) is 13.0 Å². The number of nitrogens with zero attached hydrogens (tertiary/aromatic N) is 4. The molecule has 1 N–H and O–H groups in total. The van der Waals surface area contributed by atoms with Crippen LogP contribution in [0.4, 0.5) is 0 Å². The van der Waals surface area contributed by atoms with Gasteiger partial charge < -0.3 is 9.84 Å². The monoisotopic (exact) mass is 289 g/mol. The Morgan fingerprint density at radius 3 is 2.67 bits per heavy atom. The van der Waals surface area contributed by atoms with Gasteiger partial charge in [0, 0.05) is 18.4 Å². The minimum absolute atomic E-state index is 0.175. The molecule has 6 heteroatoms. The predicted molar refractivity (Wildman–Crippen MR) is 80.7 cm³/mol. The van der Waals surface area contributed by atoms with Gasteiger partial charge in [0.2, 0.25) is 11.7 Å². The number of nitrogens with one attached hydrogen (secondary N) is 1. The van der Waals surface area contributed by atoms with Gasteiger partial charge in [0.25, 0.3) is 0 Å². The van der Waals surface area contributed by atoms with Crippen molar-refractivity contribution < 1.29 is 4.52 Å². The van der Waals surface area contributed by atoms with Crippen LogP contribution < -0.4 is 5.32 Å². The van der Waals surface area contributed by atoms with Crippen LogP contribution in [-0.4, -0.2) is 32.7 Å². The van der Waals surface area contributed by atoms with Crippen molar-refractivity contribution in [3.63, 3.8) is 0 Å². The van der Waals surface area contributed by atoms with E-state index in [9.17, 15) is 0 Å². The van der Waals surface area contributed by atoms with Crippen molar-refractivity contribution in [2.24, 2.45) is 5.92 Å². The molecule has 0 radical (unpaired) electrons. The molecule has 0 aliphatic carbocycles. The molecule has 0 saturated heterocycles. The summed E-state index contributed by atoms with van der Waals surface area (Å²) >= 11 is 0. The van der Waals surface area contributed by atoms with Gasteiger partial charge in [-0.1, -0.05) is 25.9 Å². The SMILES string of the molecule is CCCNC(C)C(c1nc(-c2cnccn2)no1)C(C)C. The summed E-state index contributed by atoms with van der Waals surface area (Å²) in [6.07, 6.45) is 5.98. The van der Waals surface area contributed by atoms with Gasteiger partial charge in [0.15, 0.2) is 0 Å². The molecule has 0 aromatic carbocycles. The molecule has 2 rings (SSSR count). The second-order valence-electron chi connectivity index (χ2n) is 5.56. The van der Waals surface area contributed by atoms with Crippen LogP contribution in [0.1, 0.15) is 45.9 Å². The van der Waals surface area contributed by atoms with Crippen molar-refractivity contribution in [1.29, 1.82) is 0 Å². The molecular formula is C15H23N5O. The zero-order chi connectivity index (χ0) is 15.2. The molecular weight excluding hydrogens is 266 g/mol. The lowest BCUT2D eigenvalue weighted by atomic mass is 9.89. The summed E-state index contributed by atoms with van der Waals surface area (Å²) in [6, 6.07) is 0.278. The maximum atomic E-state index is 5.47. The molecule has 0 amide bonds. The lowest BCUT2D eigenvalue weighted by Crippen LogP contribution is -2.35. The standard InChI is InChI=1S/C15H23N5O/c1-5-6-17-11(4)13(10(2)3)15-19-14(20-21-15)12-9-16-7-8-18-12/h7-11,13,17H,5-6H2,1-4H3. The van der Waals surface area contributed by atoms with Crippen molar-refractivity contribution in [3.8, 4) is 11.5 Å². The number of rotatable bonds is 7. The van der Waals surface area contributed by atoms with E-state index in [1.165, 1.54) is 0 Å². The summed E-state index contributed by atoms with van der Waals surface area (Å²) < 4.78 is 5.47. The first-order chi connectivity index (χ1) is 10.1. The summed E-state index contributed by atoms with van der Waals surface area (Å²) in [7, 11) is 0. The van der Waals surface area contributed by atoms with Crippen LogP contribution in [-0.2, 0) is 0 Å². The van der Waals surface area contributed by atoms with Crippen LogP contribution in [0.15, 0.2) is 23.1 Å². The third kappa shape index (κ3) is 3.85. The lowest BCUT2D eigenvalue weighted by molar-refractivity contribution is 0.280. The predicted octanol–water partition coefficient (Wildman–Crippen LogP) is 2.65. The van der Waals surface area contributed by atoms with Crippen LogP contribution in [0.25, 0.3) is 11.5 Å². The van der Waals surface area contributed by atoms with Gasteiger partial charge >= 0.3 is 0 Å². The Kier molecular flexibility index (Phi) is 5.38. The highest BCUT2D eigenvalue weighted by atomic mass is 16.5. The second-order valence-corrected chi connectivity index (χ2v) is 5.56. The molecule has 6 nitrogen and oxygen atoms in total. The Balaban J connectivity index is 2.20. The molecule has 2 aromatic rings. The molecule has 2 atom stereocenters. The Hall–Kier alpha value is -1.82. The van der Waals surface area contributed by atoms with Crippen LogP contribution in [0.2, 0.25) is 0 Å². The van der Waals surface area contributed by atoms with Crippen molar-refractivity contribution in [2.45, 2.75) is 46.1 Å². The highest BCUT2D eigenvalue weighted by Gasteiger charge is 2.28. The molecule has 2 unspecified atom stereocenters. The van der Waals surface area contributed by atoms with Gasteiger partial charge in [-0.3, -0.25) is 4.98 Å². The molecule has 0 saturated carbocycles. The number of hydrogen-bond donors (Lipinski definition) is 1. The number of aromatic nitrogens is 4. The molecule has 114 valence electrons. The van der Waals surface area contributed by atoms with Crippen LogP contribution in [0, 0.1) is 5.92 Å². The maximum absolute atomic E-state index is 5.47. The zero-order valence-electron chi connectivity index (χ0n) is 13.1. The van der Waals surface area contributed by atoms with Crippen LogP contribution in [0.3, 0.4) is 0 Å². The van der Waals surface area contributed by atoms with Crippen molar-refractivity contribution in [3.05, 3.63) is 24.5 Å². The molecule has 2 heterocycles. The minimum Gasteiger partial charge on any atom is -0.339 e. The number of hydrogen-bond acceptors (Lipinski definition) is 6. The van der Waals surface area contributed by atoms with Gasteiger partial charge in [-0.05, 0) is 25.8 Å². The van der Waals surface area contributed by atoms with Gasteiger partial charge in [0.1, 0.15) is 5.69 Å². The molecule has 0 bridgehead atoms. The lowest BCUT2D eigenvalue weighted by Gasteiger charge is -2.24. The van der Waals surface area contributed by atoms with Crippen LogP contribution >= 0.6 is 0 Å². The molecule has 0 aliphatic rings. The average molecular weight is 289 g/mol. The Labute approximate surface area is 125 Å². The molecule has 2 aromatic heterocycles. The summed E-state index contributed by atoms with van der Waals surface area (Å²) in [5, 5.41) is 7.54. The maximum Gasteiger partial charge on any atom is 0.231 e. The van der Waals surface area contributed by atoms with E-state index in [0.29, 0.717) is 23.3 Å². The van der Waals surface area contributed by atoms with Gasteiger partial charge in [0.05, 0.1) is 12.1 Å². The van der Waals surface area contributed by atoms with E-state index in [-0.39, 0.29) is 12.0 Å². The van der Waals surface area contributed by atoms with Crippen molar-refractivity contribution >= 4 is 0 Å². The van der Waals surface area contributed by atoms with Crippen LogP contribution in [0.5, 0.6) is 0 Å². The Morgan fingerprint density at radius 2 is 2.05 bits per heavy atom. The van der Waals surface area contributed by atoms with E-state index >= 15 is 0 Å². The first-order valence-corrected chi connectivity index (χ1v) is 7.46. The highest BCUT2D eigenvalue weighted by Crippen LogP contribution is 2.28. The van der Waals surface area contributed by atoms with E-state index < -0.39 is 0 Å². The largest absolute Gasteiger partial charge is 0.339 e. The molecule has 0 aliphatic heterocycles. The third-order valence-corrected chi connectivity index (χ3v) is 3.49. The van der Waals surface area contributed by atoms with Gasteiger partial charge in [-0.25, -0.2) is 4.98 Å². The first-order valence-electron chi connectivity index (χ1n) is 7.46. The smallest absolute Gasteiger partial charge is 0.231 e. The minimum atomic E-state index is 0.175. The zero-order valence-corrected chi connectivity index (χ0v) is 13.1. The normalized spacial score (nSPS) is 14.3. The van der Waals surface area contributed by atoms with E-state index in [2.05, 4.69) is 53.1 Å². The summed E-state index contributed by atoms with van der Waals surface area (Å²) in [5.41, 5.74) is 0.629. The quantitative estimate of drug-likeness (QED) is 0.844. The summed E-state index contributed by atoms with van der Waals surface area (Å²) in [6.45, 7) is 9.63. The van der Waals surface area contributed by atoms with E-state index in [4.69, 9.17) is 4.52 Å². The third-order valence-electron chi connectivity index (χ3n) is 3.49. The Bertz CT molecular complexity index is 540. The molecule has 0 spiro atoms. The Morgan fingerprint density at radius 1 is 1.24 bits per heavy atom. The average Bonchev–Trinajstić information content (AvgIpc) is 2.95. The second kappa shape index (κ2) is 7.26. The van der Waals surface area contributed by atoms with Crippen molar-refractivity contribution in [2.75, 3.05) is 6.54 Å². The first kappa shape index (κ1) is 15.6. The van der Waals surface area contributed by atoms with E-state index in [1.54, 1.807) is 18.6 Å². The summed E-state index contributed by atoms with van der Waals surface area (Å²) in [4.78, 5) is 12.7. The fourth-order valence-electron chi connectivity index (χ4n) is 2.46. The topological polar surface area (TPSA) is 76.7 Å². The fraction of sp³-hybridized carbons (Fsp3) is 0.600. The summed E-state index contributed by atoms with van der Waals surface area (Å²) in [5.74, 6) is 1.72.